The van der Waals surface area contributed by atoms with Crippen LogP contribution in [0.2, 0.25) is 0 Å². The van der Waals surface area contributed by atoms with Crippen LogP contribution in [0.3, 0.4) is 0 Å². The van der Waals surface area contributed by atoms with Gasteiger partial charge in [0.1, 0.15) is 0 Å². The van der Waals surface area contributed by atoms with E-state index in [1.54, 1.807) is 23.7 Å². The second-order valence-corrected chi connectivity index (χ2v) is 8.38. The van der Waals surface area contributed by atoms with Gasteiger partial charge >= 0.3 is 5.69 Å². The summed E-state index contributed by atoms with van der Waals surface area (Å²) in [5.41, 5.74) is 1.19. The predicted molar refractivity (Wildman–Crippen MR) is 122 cm³/mol. The number of anilines is 2. The van der Waals surface area contributed by atoms with Crippen LogP contribution in [0.25, 0.3) is 21.4 Å². The molecule has 0 bridgehead atoms. The Labute approximate surface area is 185 Å². The van der Waals surface area contributed by atoms with Gasteiger partial charge in [0.25, 0.3) is 5.56 Å². The zero-order chi connectivity index (χ0) is 23.0. The molecule has 32 heavy (non-hydrogen) atoms. The number of hydrogen-bond acceptors (Lipinski definition) is 7. The van der Waals surface area contributed by atoms with Crippen molar-refractivity contribution in [2.75, 3.05) is 10.6 Å². The summed E-state index contributed by atoms with van der Waals surface area (Å²) in [4.78, 5) is 56.6. The Morgan fingerprint density at radius 2 is 1.91 bits per heavy atom. The minimum atomic E-state index is -0.438. The van der Waals surface area contributed by atoms with Gasteiger partial charge in [-0.2, -0.15) is 0 Å². The average molecular weight is 456 g/mol. The van der Waals surface area contributed by atoms with Crippen LogP contribution >= 0.6 is 11.3 Å². The number of imidazole rings is 1. The fourth-order valence-electron chi connectivity index (χ4n) is 3.42. The lowest BCUT2D eigenvalue weighted by Crippen LogP contribution is -2.37. The summed E-state index contributed by atoms with van der Waals surface area (Å²) in [6.45, 7) is 1.84. The van der Waals surface area contributed by atoms with Gasteiger partial charge in [0.05, 0.1) is 16.5 Å². The largest absolute Gasteiger partial charge is 0.332 e. The SMILES string of the molecule is CC(=O)Nc1ccc2nc(NC(=O)CCCn3cnc4c3c(=O)n(C)c(=O)n4C)sc2c1. The van der Waals surface area contributed by atoms with Crippen molar-refractivity contribution in [2.24, 2.45) is 14.1 Å². The summed E-state index contributed by atoms with van der Waals surface area (Å²) in [5, 5.41) is 5.98. The number of fused-ring (bicyclic) bond motifs is 2. The van der Waals surface area contributed by atoms with Crippen LogP contribution in [0.5, 0.6) is 0 Å². The van der Waals surface area contributed by atoms with Gasteiger partial charge in [-0.25, -0.2) is 14.8 Å². The molecule has 0 saturated heterocycles. The molecule has 0 aliphatic rings. The minimum Gasteiger partial charge on any atom is -0.326 e. The number of nitrogens with one attached hydrogen (secondary N) is 2. The molecule has 1 aromatic carbocycles. The quantitative estimate of drug-likeness (QED) is 0.452. The maximum atomic E-state index is 12.5. The van der Waals surface area contributed by atoms with E-state index in [1.807, 2.05) is 6.07 Å². The van der Waals surface area contributed by atoms with Crippen LogP contribution in [0.4, 0.5) is 10.8 Å². The van der Waals surface area contributed by atoms with E-state index in [4.69, 9.17) is 0 Å². The van der Waals surface area contributed by atoms with Gasteiger partial charge in [-0.15, -0.1) is 0 Å². The van der Waals surface area contributed by atoms with Crippen molar-refractivity contribution in [3.63, 3.8) is 0 Å². The third-order valence-corrected chi connectivity index (χ3v) is 5.91. The molecule has 0 unspecified atom stereocenters. The van der Waals surface area contributed by atoms with Gasteiger partial charge in [0.15, 0.2) is 16.3 Å². The average Bonchev–Trinajstić information content (AvgIpc) is 3.33. The number of carbonyl (C=O) groups excluding carboxylic acids is 2. The second kappa shape index (κ2) is 8.38. The third-order valence-electron chi connectivity index (χ3n) is 4.98. The summed E-state index contributed by atoms with van der Waals surface area (Å²) in [6.07, 6.45) is 2.20. The van der Waals surface area contributed by atoms with Crippen LogP contribution in [0.15, 0.2) is 34.1 Å². The minimum absolute atomic E-state index is 0.159. The van der Waals surface area contributed by atoms with Crippen molar-refractivity contribution in [1.82, 2.24) is 23.7 Å². The van der Waals surface area contributed by atoms with Crippen molar-refractivity contribution in [3.05, 3.63) is 45.4 Å². The van der Waals surface area contributed by atoms with E-state index >= 15 is 0 Å². The predicted octanol–water partition coefficient (Wildman–Crippen LogP) is 1.42. The van der Waals surface area contributed by atoms with Gasteiger partial charge in [-0.3, -0.25) is 23.5 Å². The Balaban J connectivity index is 1.41. The smallest absolute Gasteiger partial charge is 0.326 e. The normalized spacial score (nSPS) is 11.2. The molecule has 0 spiro atoms. The molecule has 2 amide bonds. The Hall–Kier alpha value is -3.80. The van der Waals surface area contributed by atoms with E-state index in [0.29, 0.717) is 34.9 Å². The van der Waals surface area contributed by atoms with E-state index in [0.717, 1.165) is 14.8 Å². The first-order valence-corrected chi connectivity index (χ1v) is 10.6. The molecule has 0 atom stereocenters. The molecule has 4 rings (SSSR count). The maximum absolute atomic E-state index is 12.5. The van der Waals surface area contributed by atoms with Crippen molar-refractivity contribution >= 4 is 55.4 Å². The number of carbonyl (C=O) groups is 2. The van der Waals surface area contributed by atoms with E-state index in [9.17, 15) is 19.2 Å². The number of aryl methyl sites for hydroxylation is 2. The molecule has 12 heteroatoms. The van der Waals surface area contributed by atoms with Crippen molar-refractivity contribution in [1.29, 1.82) is 0 Å². The molecule has 0 saturated carbocycles. The van der Waals surface area contributed by atoms with Crippen molar-refractivity contribution in [2.45, 2.75) is 26.3 Å². The van der Waals surface area contributed by atoms with E-state index in [2.05, 4.69) is 20.6 Å². The molecule has 166 valence electrons. The number of nitrogens with zero attached hydrogens (tertiary/aromatic N) is 5. The second-order valence-electron chi connectivity index (χ2n) is 7.35. The van der Waals surface area contributed by atoms with Crippen molar-refractivity contribution in [3.8, 4) is 0 Å². The summed E-state index contributed by atoms with van der Waals surface area (Å²) in [7, 11) is 2.98. The van der Waals surface area contributed by atoms with Gasteiger partial charge in [-0.1, -0.05) is 11.3 Å². The molecule has 3 aromatic heterocycles. The number of thiazole rings is 1. The molecular formula is C20H21N7O4S. The van der Waals surface area contributed by atoms with Gasteiger partial charge in [0.2, 0.25) is 11.8 Å². The fourth-order valence-corrected chi connectivity index (χ4v) is 4.34. The fraction of sp³-hybridized carbons (Fsp3) is 0.300. The zero-order valence-corrected chi connectivity index (χ0v) is 18.5. The number of amides is 2. The topological polar surface area (TPSA) is 133 Å². The standard InChI is InChI=1S/C20H21N7O4S/c1-11(28)22-12-6-7-13-14(9-12)32-19(23-13)24-15(29)5-4-8-27-10-21-17-16(27)18(30)26(3)20(31)25(17)2/h6-7,9-10H,4-5,8H2,1-3H3,(H,22,28)(H,23,24,29). The van der Waals surface area contributed by atoms with Gasteiger partial charge in [-0.05, 0) is 24.6 Å². The number of benzene rings is 1. The molecule has 11 nitrogen and oxygen atoms in total. The Morgan fingerprint density at radius 3 is 2.66 bits per heavy atom. The first-order chi connectivity index (χ1) is 15.2. The highest BCUT2D eigenvalue weighted by molar-refractivity contribution is 7.22. The first-order valence-electron chi connectivity index (χ1n) is 9.83. The Morgan fingerprint density at radius 1 is 1.12 bits per heavy atom. The number of hydrogen-bond donors (Lipinski definition) is 2. The van der Waals surface area contributed by atoms with Crippen molar-refractivity contribution < 1.29 is 9.59 Å². The monoisotopic (exact) mass is 455 g/mol. The molecular weight excluding hydrogens is 434 g/mol. The molecule has 0 radical (unpaired) electrons. The Kier molecular flexibility index (Phi) is 5.61. The number of aromatic nitrogens is 5. The maximum Gasteiger partial charge on any atom is 0.332 e. The van der Waals surface area contributed by atoms with Crippen LogP contribution in [-0.4, -0.2) is 35.5 Å². The van der Waals surface area contributed by atoms with E-state index in [1.165, 1.54) is 36.2 Å². The zero-order valence-electron chi connectivity index (χ0n) is 17.7. The van der Waals surface area contributed by atoms with E-state index < -0.39 is 11.2 Å². The summed E-state index contributed by atoms with van der Waals surface area (Å²) in [5.74, 6) is -0.357. The van der Waals surface area contributed by atoms with Crippen LogP contribution in [0.1, 0.15) is 19.8 Å². The molecule has 0 aliphatic carbocycles. The lowest BCUT2D eigenvalue weighted by Gasteiger charge is -2.06. The lowest BCUT2D eigenvalue weighted by atomic mass is 10.3. The van der Waals surface area contributed by atoms with Gasteiger partial charge < -0.3 is 15.2 Å². The van der Waals surface area contributed by atoms with E-state index in [-0.39, 0.29) is 18.2 Å². The molecule has 0 aliphatic heterocycles. The first kappa shape index (κ1) is 21.4. The summed E-state index contributed by atoms with van der Waals surface area (Å²) < 4.78 is 4.87. The highest BCUT2D eigenvalue weighted by Crippen LogP contribution is 2.28. The molecule has 3 heterocycles. The van der Waals surface area contributed by atoms with Crippen LogP contribution < -0.4 is 21.9 Å². The highest BCUT2D eigenvalue weighted by Gasteiger charge is 2.15. The molecule has 4 aromatic rings. The Bertz CT molecular complexity index is 1480. The summed E-state index contributed by atoms with van der Waals surface area (Å²) >= 11 is 1.32. The molecule has 0 fully saturated rings. The third kappa shape index (κ3) is 4.04. The molecule has 2 N–H and O–H groups in total. The number of rotatable bonds is 6. The summed E-state index contributed by atoms with van der Waals surface area (Å²) in [6, 6.07) is 5.34. The van der Waals surface area contributed by atoms with Crippen LogP contribution in [-0.2, 0) is 30.2 Å². The highest BCUT2D eigenvalue weighted by atomic mass is 32.1. The van der Waals surface area contributed by atoms with Gasteiger partial charge in [0, 0.05) is 39.7 Å². The van der Waals surface area contributed by atoms with Crippen LogP contribution in [0, 0.1) is 0 Å². The lowest BCUT2D eigenvalue weighted by molar-refractivity contribution is -0.116.